The minimum atomic E-state index is -0.247. The maximum absolute atomic E-state index is 14.3. The number of halogens is 1. The zero-order valence-electron chi connectivity index (χ0n) is 12.6. The van der Waals surface area contributed by atoms with Crippen molar-refractivity contribution < 1.29 is 4.39 Å². The number of aryl methyl sites for hydroxylation is 1. The van der Waals surface area contributed by atoms with E-state index in [2.05, 4.69) is 10.3 Å². The molecule has 1 heterocycles. The minimum absolute atomic E-state index is 0.247. The van der Waals surface area contributed by atoms with Crippen LogP contribution in [0.1, 0.15) is 23.9 Å². The Morgan fingerprint density at radius 1 is 1.35 bits per heavy atom. The Morgan fingerprint density at radius 2 is 2.05 bits per heavy atom. The topological polar surface area (TPSA) is 29.9 Å². The highest BCUT2D eigenvalue weighted by Gasteiger charge is 2.13. The molecule has 0 unspecified atom stereocenters. The first kappa shape index (κ1) is 14.3. The molecule has 0 radical (unpaired) electrons. The van der Waals surface area contributed by atoms with E-state index < -0.39 is 0 Å². The number of nitrogens with zero attached hydrogens (tertiary/aromatic N) is 2. The minimum Gasteiger partial charge on any atom is -0.388 e. The van der Waals surface area contributed by atoms with E-state index in [1.807, 2.05) is 44.5 Å². The maximum atomic E-state index is 14.3. The second kappa shape index (κ2) is 5.49. The summed E-state index contributed by atoms with van der Waals surface area (Å²) in [6, 6.07) is 5.23. The van der Waals surface area contributed by atoms with Crippen molar-refractivity contribution in [1.29, 1.82) is 0 Å². The van der Waals surface area contributed by atoms with E-state index in [9.17, 15) is 4.39 Å². The van der Waals surface area contributed by atoms with Crippen molar-refractivity contribution >= 4 is 5.70 Å². The van der Waals surface area contributed by atoms with Crippen LogP contribution in [-0.2, 0) is 7.05 Å². The molecule has 3 nitrogen and oxygen atoms in total. The molecule has 106 valence electrons. The average Bonchev–Trinajstić information content (AvgIpc) is 2.69. The molecule has 0 aliphatic carbocycles. The van der Waals surface area contributed by atoms with E-state index in [4.69, 9.17) is 0 Å². The smallest absolute Gasteiger partial charge is 0.140 e. The molecule has 1 aromatic carbocycles. The van der Waals surface area contributed by atoms with Crippen LogP contribution in [-0.4, -0.2) is 16.6 Å². The van der Waals surface area contributed by atoms with Crippen LogP contribution >= 0.6 is 0 Å². The molecule has 2 rings (SSSR count). The van der Waals surface area contributed by atoms with Gasteiger partial charge in [0.15, 0.2) is 0 Å². The molecule has 0 aliphatic rings. The highest BCUT2D eigenvalue weighted by molar-refractivity contribution is 5.68. The lowest BCUT2D eigenvalue weighted by atomic mass is 10.1. The number of rotatable bonds is 3. The predicted molar refractivity (Wildman–Crippen MR) is 80.8 cm³/mol. The molecule has 0 saturated heterocycles. The Balaban J connectivity index is 2.51. The Labute approximate surface area is 119 Å². The van der Waals surface area contributed by atoms with Crippen LogP contribution < -0.4 is 5.32 Å². The molecule has 1 aromatic heterocycles. The van der Waals surface area contributed by atoms with Crippen molar-refractivity contribution in [2.45, 2.75) is 20.8 Å². The average molecular weight is 273 g/mol. The fraction of sp³-hybridized carbons (Fsp3) is 0.312. The van der Waals surface area contributed by atoms with Gasteiger partial charge in [-0.2, -0.15) is 0 Å². The van der Waals surface area contributed by atoms with Crippen LogP contribution in [0.15, 0.2) is 24.3 Å². The number of hydrogen-bond acceptors (Lipinski definition) is 2. The van der Waals surface area contributed by atoms with E-state index in [0.29, 0.717) is 5.56 Å². The first-order valence-electron chi connectivity index (χ1n) is 6.63. The lowest BCUT2D eigenvalue weighted by Gasteiger charge is -2.10. The number of allylic oxidation sites excluding steroid dienone is 1. The summed E-state index contributed by atoms with van der Waals surface area (Å²) >= 11 is 0. The molecule has 0 fully saturated rings. The van der Waals surface area contributed by atoms with Gasteiger partial charge in [-0.1, -0.05) is 12.1 Å². The van der Waals surface area contributed by atoms with E-state index in [-0.39, 0.29) is 5.82 Å². The molecular formula is C16H20FN3. The summed E-state index contributed by atoms with van der Waals surface area (Å²) in [6.45, 7) is 5.85. The van der Waals surface area contributed by atoms with E-state index in [1.54, 1.807) is 13.1 Å². The number of nitrogens with one attached hydrogen (secondary N) is 1. The van der Waals surface area contributed by atoms with Crippen molar-refractivity contribution in [1.82, 2.24) is 14.9 Å². The second-order valence-corrected chi connectivity index (χ2v) is 4.81. The molecule has 0 spiro atoms. The SMILES string of the molecule is C/C=C(\NC)c1ccc(-c2nc(C)c(C)n2C)cc1F. The largest absolute Gasteiger partial charge is 0.388 e. The molecule has 0 amide bonds. The van der Waals surface area contributed by atoms with Gasteiger partial charge < -0.3 is 9.88 Å². The number of hydrogen-bond donors (Lipinski definition) is 1. The fourth-order valence-corrected chi connectivity index (χ4v) is 2.28. The van der Waals surface area contributed by atoms with Gasteiger partial charge in [-0.3, -0.25) is 0 Å². The van der Waals surface area contributed by atoms with Crippen LogP contribution in [0, 0.1) is 19.7 Å². The lowest BCUT2D eigenvalue weighted by molar-refractivity contribution is 0.623. The highest BCUT2D eigenvalue weighted by Crippen LogP contribution is 2.25. The Kier molecular flexibility index (Phi) is 3.93. The molecule has 0 bridgehead atoms. The standard InChI is InChI=1S/C16H20FN3/c1-6-15(18-4)13-8-7-12(9-14(13)17)16-19-10(2)11(3)20(16)5/h6-9,18H,1-5H3/b15-6-. The first-order chi connectivity index (χ1) is 9.49. The van der Waals surface area contributed by atoms with Crippen LogP contribution in [0.25, 0.3) is 17.1 Å². The van der Waals surface area contributed by atoms with Gasteiger partial charge in [-0.15, -0.1) is 0 Å². The van der Waals surface area contributed by atoms with Gasteiger partial charge in [0, 0.05) is 36.6 Å². The third-order valence-corrected chi connectivity index (χ3v) is 3.69. The number of benzene rings is 1. The van der Waals surface area contributed by atoms with Crippen molar-refractivity contribution in [2.24, 2.45) is 7.05 Å². The van der Waals surface area contributed by atoms with Crippen LogP contribution in [0.3, 0.4) is 0 Å². The molecule has 2 aromatic rings. The van der Waals surface area contributed by atoms with Crippen molar-refractivity contribution in [3.8, 4) is 11.4 Å². The summed E-state index contributed by atoms with van der Waals surface area (Å²) in [5, 5.41) is 2.99. The lowest BCUT2D eigenvalue weighted by Crippen LogP contribution is -2.06. The second-order valence-electron chi connectivity index (χ2n) is 4.81. The molecule has 0 saturated carbocycles. The van der Waals surface area contributed by atoms with Gasteiger partial charge in [0.1, 0.15) is 11.6 Å². The normalized spacial score (nSPS) is 11.8. The Morgan fingerprint density at radius 3 is 2.50 bits per heavy atom. The van der Waals surface area contributed by atoms with Gasteiger partial charge in [-0.25, -0.2) is 9.37 Å². The molecule has 20 heavy (non-hydrogen) atoms. The van der Waals surface area contributed by atoms with Gasteiger partial charge in [0.2, 0.25) is 0 Å². The summed E-state index contributed by atoms with van der Waals surface area (Å²) in [7, 11) is 3.73. The third-order valence-electron chi connectivity index (χ3n) is 3.69. The van der Waals surface area contributed by atoms with E-state index >= 15 is 0 Å². The molecule has 0 atom stereocenters. The molecule has 1 N–H and O–H groups in total. The van der Waals surface area contributed by atoms with Gasteiger partial charge >= 0.3 is 0 Å². The van der Waals surface area contributed by atoms with Crippen LogP contribution in [0.4, 0.5) is 4.39 Å². The maximum Gasteiger partial charge on any atom is 0.140 e. The zero-order chi connectivity index (χ0) is 14.9. The predicted octanol–water partition coefficient (Wildman–Crippen LogP) is 3.42. The quantitative estimate of drug-likeness (QED) is 0.928. The van der Waals surface area contributed by atoms with Gasteiger partial charge in [0.25, 0.3) is 0 Å². The number of aromatic nitrogens is 2. The van der Waals surface area contributed by atoms with Gasteiger partial charge in [-0.05, 0) is 32.9 Å². The van der Waals surface area contributed by atoms with Crippen molar-refractivity contribution in [3.63, 3.8) is 0 Å². The fourth-order valence-electron chi connectivity index (χ4n) is 2.28. The Bertz CT molecular complexity index is 669. The summed E-state index contributed by atoms with van der Waals surface area (Å²) < 4.78 is 16.3. The molecule has 0 aliphatic heterocycles. The monoisotopic (exact) mass is 273 g/mol. The summed E-state index contributed by atoms with van der Waals surface area (Å²) in [5.41, 5.74) is 4.20. The van der Waals surface area contributed by atoms with Gasteiger partial charge in [0.05, 0.1) is 5.69 Å². The van der Waals surface area contributed by atoms with Crippen molar-refractivity contribution in [3.05, 3.63) is 47.0 Å². The van der Waals surface area contributed by atoms with E-state index in [1.165, 1.54) is 6.07 Å². The Hall–Kier alpha value is -2.10. The molecular weight excluding hydrogens is 253 g/mol. The van der Waals surface area contributed by atoms with Crippen molar-refractivity contribution in [2.75, 3.05) is 7.05 Å². The highest BCUT2D eigenvalue weighted by atomic mass is 19.1. The van der Waals surface area contributed by atoms with Crippen LogP contribution in [0.2, 0.25) is 0 Å². The van der Waals surface area contributed by atoms with E-state index in [0.717, 1.165) is 28.5 Å². The summed E-state index contributed by atoms with van der Waals surface area (Å²) in [4.78, 5) is 4.50. The molecule has 4 heteroatoms. The van der Waals surface area contributed by atoms with Crippen LogP contribution in [0.5, 0.6) is 0 Å². The third kappa shape index (κ3) is 2.33. The summed E-state index contributed by atoms with van der Waals surface area (Å²) in [5.74, 6) is 0.542. The first-order valence-corrected chi connectivity index (χ1v) is 6.63. The number of imidazole rings is 1. The zero-order valence-corrected chi connectivity index (χ0v) is 12.6. The summed E-state index contributed by atoms with van der Waals surface area (Å²) in [6.07, 6.45) is 1.85.